The molecule has 2 unspecified atom stereocenters. The predicted octanol–water partition coefficient (Wildman–Crippen LogP) is 2.23. The van der Waals surface area contributed by atoms with E-state index in [1.807, 2.05) is 20.8 Å². The lowest BCUT2D eigenvalue weighted by molar-refractivity contribution is -0.184. The van der Waals surface area contributed by atoms with Crippen molar-refractivity contribution in [2.45, 2.75) is 52.3 Å². The topological polar surface area (TPSA) is 61.8 Å². The van der Waals surface area contributed by atoms with Crippen molar-refractivity contribution in [3.63, 3.8) is 0 Å². The molecule has 1 rings (SSSR count). The first-order valence-corrected chi connectivity index (χ1v) is 7.99. The molecule has 1 aliphatic rings. The molecular weight excluding hydrogens is 280 g/mol. The fourth-order valence-corrected chi connectivity index (χ4v) is 3.35. The molecule has 5 atom stereocenters. The van der Waals surface area contributed by atoms with Crippen LogP contribution in [-0.2, 0) is 23.8 Å². The summed E-state index contributed by atoms with van der Waals surface area (Å²) in [5.74, 6) is 0.557. The molecule has 20 heavy (non-hydrogen) atoms. The molecule has 0 aliphatic carbocycles. The summed E-state index contributed by atoms with van der Waals surface area (Å²) in [6.45, 7) is 9.15. The number of carbonyl (C=O) groups is 2. The summed E-state index contributed by atoms with van der Waals surface area (Å²) < 4.78 is 16.5. The van der Waals surface area contributed by atoms with Crippen molar-refractivity contribution < 1.29 is 23.8 Å². The van der Waals surface area contributed by atoms with E-state index < -0.39 is 0 Å². The van der Waals surface area contributed by atoms with Gasteiger partial charge in [0.25, 0.3) is 0 Å². The van der Waals surface area contributed by atoms with Gasteiger partial charge in [0.1, 0.15) is 18.1 Å². The second-order valence-electron chi connectivity index (χ2n) is 5.09. The van der Waals surface area contributed by atoms with E-state index in [1.54, 1.807) is 11.8 Å². The zero-order valence-electron chi connectivity index (χ0n) is 12.8. The largest absolute Gasteiger partial charge is 0.463 e. The van der Waals surface area contributed by atoms with Crippen LogP contribution in [0.15, 0.2) is 0 Å². The molecule has 0 bridgehead atoms. The zero-order chi connectivity index (χ0) is 15.3. The molecule has 0 saturated carbocycles. The Kier molecular flexibility index (Phi) is 6.82. The predicted molar refractivity (Wildman–Crippen MR) is 77.3 cm³/mol. The highest BCUT2D eigenvalue weighted by molar-refractivity contribution is 7.99. The van der Waals surface area contributed by atoms with Crippen molar-refractivity contribution in [1.82, 2.24) is 0 Å². The molecule has 5 nitrogen and oxygen atoms in total. The first-order valence-electron chi connectivity index (χ1n) is 6.94. The van der Waals surface area contributed by atoms with Gasteiger partial charge < -0.3 is 14.2 Å². The lowest BCUT2D eigenvalue weighted by Crippen LogP contribution is -2.51. The summed E-state index contributed by atoms with van der Waals surface area (Å²) in [6, 6.07) is 0. The van der Waals surface area contributed by atoms with Gasteiger partial charge >= 0.3 is 11.9 Å². The van der Waals surface area contributed by atoms with E-state index in [-0.39, 0.29) is 48.0 Å². The second kappa shape index (κ2) is 7.88. The Labute approximate surface area is 124 Å². The number of carbonyl (C=O) groups excluding carboxylic acids is 2. The summed E-state index contributed by atoms with van der Waals surface area (Å²) in [4.78, 5) is 22.2. The smallest absolute Gasteiger partial charge is 0.303 e. The summed E-state index contributed by atoms with van der Waals surface area (Å²) in [7, 11) is 0. The summed E-state index contributed by atoms with van der Waals surface area (Å²) in [6.07, 6.45) is -0.425. The fraction of sp³-hybridized carbons (Fsp3) is 0.857. The van der Waals surface area contributed by atoms with Crippen LogP contribution in [0.4, 0.5) is 0 Å². The van der Waals surface area contributed by atoms with E-state index in [1.165, 1.54) is 13.8 Å². The lowest BCUT2D eigenvalue weighted by atomic mass is 9.84. The minimum atomic E-state index is -0.310. The van der Waals surface area contributed by atoms with Crippen LogP contribution >= 0.6 is 11.8 Å². The second-order valence-corrected chi connectivity index (χ2v) is 6.47. The highest BCUT2D eigenvalue weighted by Gasteiger charge is 2.43. The van der Waals surface area contributed by atoms with Crippen LogP contribution in [0.3, 0.4) is 0 Å². The van der Waals surface area contributed by atoms with E-state index >= 15 is 0 Å². The van der Waals surface area contributed by atoms with Crippen LogP contribution in [0.1, 0.15) is 34.6 Å². The van der Waals surface area contributed by atoms with Gasteiger partial charge in [-0.05, 0) is 11.7 Å². The van der Waals surface area contributed by atoms with Crippen LogP contribution in [-0.4, -0.2) is 41.9 Å². The summed E-state index contributed by atoms with van der Waals surface area (Å²) in [5.41, 5.74) is -0.212. The maximum absolute atomic E-state index is 11.3. The van der Waals surface area contributed by atoms with Crippen LogP contribution in [0.25, 0.3) is 0 Å². The number of esters is 2. The Morgan fingerprint density at radius 2 is 1.80 bits per heavy atom. The van der Waals surface area contributed by atoms with Gasteiger partial charge in [-0.25, -0.2) is 0 Å². The minimum Gasteiger partial charge on any atom is -0.463 e. The van der Waals surface area contributed by atoms with Gasteiger partial charge in [0.05, 0.1) is 6.10 Å². The van der Waals surface area contributed by atoms with Gasteiger partial charge in [0.2, 0.25) is 0 Å². The van der Waals surface area contributed by atoms with Crippen LogP contribution in [0, 0.1) is 11.8 Å². The Bertz CT molecular complexity index is 344. The highest BCUT2D eigenvalue weighted by atomic mass is 32.2. The summed E-state index contributed by atoms with van der Waals surface area (Å²) >= 11 is 1.61. The molecule has 0 aromatic carbocycles. The molecule has 116 valence electrons. The molecule has 1 heterocycles. The standard InChI is InChI=1S/C14H24O5S/c1-6-20-14-13(18-11(5)16)9(3)8(2)12(19-14)7-17-10(4)15/h8-9,12-14H,6-7H2,1-5H3/t8-,9-,12?,13?,14-/m0/s1. The van der Waals surface area contributed by atoms with E-state index in [4.69, 9.17) is 14.2 Å². The van der Waals surface area contributed by atoms with Crippen molar-refractivity contribution in [3.8, 4) is 0 Å². The zero-order valence-corrected chi connectivity index (χ0v) is 13.6. The summed E-state index contributed by atoms with van der Waals surface area (Å²) in [5, 5.41) is 0. The molecule has 6 heteroatoms. The first-order chi connectivity index (χ1) is 9.36. The van der Waals surface area contributed by atoms with Crippen LogP contribution in [0.5, 0.6) is 0 Å². The maximum atomic E-state index is 11.3. The van der Waals surface area contributed by atoms with Crippen molar-refractivity contribution >= 4 is 23.7 Å². The molecular formula is C14H24O5S. The Morgan fingerprint density at radius 3 is 2.30 bits per heavy atom. The van der Waals surface area contributed by atoms with Crippen molar-refractivity contribution in [3.05, 3.63) is 0 Å². The average Bonchev–Trinajstić information content (AvgIpc) is 2.36. The molecule has 0 N–H and O–H groups in total. The third-order valence-corrected chi connectivity index (χ3v) is 4.64. The van der Waals surface area contributed by atoms with Crippen LogP contribution < -0.4 is 0 Å². The molecule has 0 radical (unpaired) electrons. The first kappa shape index (κ1) is 17.3. The fourth-order valence-electron chi connectivity index (χ4n) is 2.30. The van der Waals surface area contributed by atoms with Gasteiger partial charge in [-0.1, -0.05) is 20.8 Å². The SMILES string of the molecule is CCS[C@@H]1OC(COC(C)=O)[C@@H](C)[C@H](C)C1OC(C)=O. The van der Waals surface area contributed by atoms with E-state index in [0.717, 1.165) is 5.75 Å². The Balaban J connectivity index is 2.76. The van der Waals surface area contributed by atoms with Crippen LogP contribution in [0.2, 0.25) is 0 Å². The van der Waals surface area contributed by atoms with Crippen molar-refractivity contribution in [1.29, 1.82) is 0 Å². The third-order valence-electron chi connectivity index (χ3n) is 3.59. The number of hydrogen-bond donors (Lipinski definition) is 0. The molecule has 0 spiro atoms. The lowest BCUT2D eigenvalue weighted by Gasteiger charge is -2.43. The van der Waals surface area contributed by atoms with E-state index in [0.29, 0.717) is 0 Å². The van der Waals surface area contributed by atoms with Gasteiger partial charge in [-0.3, -0.25) is 9.59 Å². The van der Waals surface area contributed by atoms with E-state index in [2.05, 4.69) is 0 Å². The molecule has 0 aromatic rings. The van der Waals surface area contributed by atoms with Crippen molar-refractivity contribution in [2.24, 2.45) is 11.8 Å². The normalized spacial score (nSPS) is 33.5. The average molecular weight is 304 g/mol. The number of ether oxygens (including phenoxy) is 3. The molecule has 1 saturated heterocycles. The third kappa shape index (κ3) is 4.66. The molecule has 0 amide bonds. The molecule has 0 aromatic heterocycles. The minimum absolute atomic E-state index is 0.146. The van der Waals surface area contributed by atoms with Gasteiger partial charge in [0.15, 0.2) is 0 Å². The number of hydrogen-bond acceptors (Lipinski definition) is 6. The Morgan fingerprint density at radius 1 is 1.15 bits per heavy atom. The highest BCUT2D eigenvalue weighted by Crippen LogP contribution is 2.37. The van der Waals surface area contributed by atoms with Gasteiger partial charge in [-0.15, -0.1) is 11.8 Å². The van der Waals surface area contributed by atoms with Gasteiger partial charge in [-0.2, -0.15) is 0 Å². The number of rotatable bonds is 5. The van der Waals surface area contributed by atoms with Gasteiger partial charge in [0, 0.05) is 19.8 Å². The Hall–Kier alpha value is -0.750. The number of thioether (sulfide) groups is 1. The molecule has 1 aliphatic heterocycles. The monoisotopic (exact) mass is 304 g/mol. The van der Waals surface area contributed by atoms with Crippen molar-refractivity contribution in [2.75, 3.05) is 12.4 Å². The molecule has 1 fully saturated rings. The van der Waals surface area contributed by atoms with E-state index in [9.17, 15) is 9.59 Å². The maximum Gasteiger partial charge on any atom is 0.303 e. The quantitative estimate of drug-likeness (QED) is 0.726.